The first-order chi connectivity index (χ1) is 7.79. The lowest BCUT2D eigenvalue weighted by Gasteiger charge is -2.31. The van der Waals surface area contributed by atoms with Crippen LogP contribution in [0.15, 0.2) is 0 Å². The average Bonchev–Trinajstić information content (AvgIpc) is 2.78. The lowest BCUT2D eigenvalue weighted by molar-refractivity contribution is -0.120. The van der Waals surface area contributed by atoms with E-state index in [9.17, 15) is 4.79 Å². The maximum Gasteiger partial charge on any atom is 0.233 e. The molecule has 3 N–H and O–H groups in total. The smallest absolute Gasteiger partial charge is 0.233 e. The van der Waals surface area contributed by atoms with E-state index in [4.69, 9.17) is 10.5 Å². The second-order valence-corrected chi connectivity index (χ2v) is 4.60. The van der Waals surface area contributed by atoms with Gasteiger partial charge in [-0.2, -0.15) is 0 Å². The Morgan fingerprint density at radius 2 is 2.12 bits per heavy atom. The van der Waals surface area contributed by atoms with Crippen LogP contribution in [0, 0.1) is 0 Å². The Kier molecular flexibility index (Phi) is 4.15. The van der Waals surface area contributed by atoms with Gasteiger partial charge in [-0.3, -0.25) is 9.69 Å². The van der Waals surface area contributed by atoms with E-state index in [2.05, 4.69) is 10.2 Å². The normalized spacial score (nSPS) is 28.2. The number of ether oxygens (including phenoxy) is 1. The Morgan fingerprint density at radius 1 is 1.38 bits per heavy atom. The maximum absolute atomic E-state index is 11.2. The fourth-order valence-corrected chi connectivity index (χ4v) is 2.57. The third-order valence-corrected chi connectivity index (χ3v) is 3.48. The highest BCUT2D eigenvalue weighted by Crippen LogP contribution is 2.19. The molecule has 1 amide bonds. The van der Waals surface area contributed by atoms with Gasteiger partial charge < -0.3 is 15.8 Å². The first-order valence-corrected chi connectivity index (χ1v) is 6.11. The molecule has 16 heavy (non-hydrogen) atoms. The molecule has 0 radical (unpaired) electrons. The summed E-state index contributed by atoms with van der Waals surface area (Å²) >= 11 is 0. The minimum absolute atomic E-state index is 0.0428. The molecule has 1 atom stereocenters. The predicted molar refractivity (Wildman–Crippen MR) is 61.0 cm³/mol. The Labute approximate surface area is 96.3 Å². The second-order valence-electron chi connectivity index (χ2n) is 4.60. The minimum atomic E-state index is -0.0428. The molecule has 0 bridgehead atoms. The fraction of sp³-hybridized carbons (Fsp3) is 0.909. The van der Waals surface area contributed by atoms with E-state index in [1.807, 2.05) is 0 Å². The van der Waals surface area contributed by atoms with Crippen molar-refractivity contribution in [1.82, 2.24) is 10.2 Å². The lowest BCUT2D eigenvalue weighted by atomic mass is 10.1. The third-order valence-electron chi connectivity index (χ3n) is 3.48. The van der Waals surface area contributed by atoms with Crippen LogP contribution in [0.5, 0.6) is 0 Å². The molecule has 0 aromatic rings. The van der Waals surface area contributed by atoms with Gasteiger partial charge in [0, 0.05) is 38.4 Å². The molecule has 2 aliphatic rings. The molecule has 92 valence electrons. The molecular weight excluding hydrogens is 206 g/mol. The quantitative estimate of drug-likeness (QED) is 0.670. The molecule has 0 saturated carbocycles. The summed E-state index contributed by atoms with van der Waals surface area (Å²) in [7, 11) is 0. The zero-order chi connectivity index (χ0) is 11.4. The lowest BCUT2D eigenvalue weighted by Crippen LogP contribution is -2.43. The number of nitrogens with one attached hydrogen (secondary N) is 1. The van der Waals surface area contributed by atoms with Crippen LogP contribution in [0.1, 0.15) is 19.3 Å². The summed E-state index contributed by atoms with van der Waals surface area (Å²) in [5.41, 5.74) is 5.29. The Balaban J connectivity index is 1.76. The Hall–Kier alpha value is -0.650. The summed E-state index contributed by atoms with van der Waals surface area (Å²) < 4.78 is 5.36. The fourth-order valence-electron chi connectivity index (χ4n) is 2.57. The SMILES string of the molecule is NCC(=O)N[C@@H]1CCN(C2CCOCC2)C1. The van der Waals surface area contributed by atoms with Crippen molar-refractivity contribution >= 4 is 5.91 Å². The first-order valence-electron chi connectivity index (χ1n) is 6.11. The van der Waals surface area contributed by atoms with Gasteiger partial charge in [0.1, 0.15) is 0 Å². The molecule has 0 unspecified atom stereocenters. The van der Waals surface area contributed by atoms with Crippen LogP contribution in [0.3, 0.4) is 0 Å². The van der Waals surface area contributed by atoms with E-state index >= 15 is 0 Å². The summed E-state index contributed by atoms with van der Waals surface area (Å²) in [6, 6.07) is 0.937. The number of hydrogen-bond donors (Lipinski definition) is 2. The Bertz CT molecular complexity index is 241. The van der Waals surface area contributed by atoms with E-state index in [0.29, 0.717) is 12.1 Å². The first kappa shape index (κ1) is 11.8. The second kappa shape index (κ2) is 5.61. The highest BCUT2D eigenvalue weighted by molar-refractivity contribution is 5.78. The molecule has 0 aromatic heterocycles. The highest BCUT2D eigenvalue weighted by Gasteiger charge is 2.29. The van der Waals surface area contributed by atoms with Crippen LogP contribution in [-0.4, -0.2) is 55.7 Å². The van der Waals surface area contributed by atoms with Gasteiger partial charge in [0.05, 0.1) is 6.54 Å². The number of carbonyl (C=O) groups excluding carboxylic acids is 1. The monoisotopic (exact) mass is 227 g/mol. The topological polar surface area (TPSA) is 67.6 Å². The van der Waals surface area contributed by atoms with Crippen LogP contribution in [0.4, 0.5) is 0 Å². The molecule has 5 nitrogen and oxygen atoms in total. The van der Waals surface area contributed by atoms with Crippen LogP contribution in [0.25, 0.3) is 0 Å². The van der Waals surface area contributed by atoms with E-state index in [0.717, 1.165) is 45.6 Å². The van der Waals surface area contributed by atoms with E-state index in [1.165, 1.54) is 0 Å². The van der Waals surface area contributed by atoms with Crippen molar-refractivity contribution in [2.75, 3.05) is 32.8 Å². The van der Waals surface area contributed by atoms with Gasteiger partial charge >= 0.3 is 0 Å². The van der Waals surface area contributed by atoms with Crippen LogP contribution in [-0.2, 0) is 9.53 Å². The van der Waals surface area contributed by atoms with E-state index in [1.54, 1.807) is 0 Å². The zero-order valence-corrected chi connectivity index (χ0v) is 9.65. The van der Waals surface area contributed by atoms with Crippen molar-refractivity contribution in [3.63, 3.8) is 0 Å². The largest absolute Gasteiger partial charge is 0.381 e. The van der Waals surface area contributed by atoms with Gasteiger partial charge in [-0.25, -0.2) is 0 Å². The number of carbonyl (C=O) groups is 1. The molecule has 2 saturated heterocycles. The average molecular weight is 227 g/mol. The molecule has 2 heterocycles. The van der Waals surface area contributed by atoms with Gasteiger partial charge in [0.2, 0.25) is 5.91 Å². The van der Waals surface area contributed by atoms with Crippen molar-refractivity contribution in [3.8, 4) is 0 Å². The molecule has 2 fully saturated rings. The van der Waals surface area contributed by atoms with Gasteiger partial charge in [-0.15, -0.1) is 0 Å². The summed E-state index contributed by atoms with van der Waals surface area (Å²) in [6.45, 7) is 3.90. The molecule has 2 aliphatic heterocycles. The third kappa shape index (κ3) is 2.93. The van der Waals surface area contributed by atoms with Gasteiger partial charge in [-0.1, -0.05) is 0 Å². The van der Waals surface area contributed by atoms with Crippen molar-refractivity contribution in [3.05, 3.63) is 0 Å². The van der Waals surface area contributed by atoms with Crippen molar-refractivity contribution in [2.24, 2.45) is 5.73 Å². The van der Waals surface area contributed by atoms with Crippen LogP contribution < -0.4 is 11.1 Å². The highest BCUT2D eigenvalue weighted by atomic mass is 16.5. The van der Waals surface area contributed by atoms with E-state index < -0.39 is 0 Å². The van der Waals surface area contributed by atoms with Crippen LogP contribution >= 0.6 is 0 Å². The van der Waals surface area contributed by atoms with Crippen molar-refractivity contribution in [1.29, 1.82) is 0 Å². The number of amides is 1. The van der Waals surface area contributed by atoms with Crippen molar-refractivity contribution < 1.29 is 9.53 Å². The number of nitrogens with two attached hydrogens (primary N) is 1. The van der Waals surface area contributed by atoms with Crippen LogP contribution in [0.2, 0.25) is 0 Å². The van der Waals surface area contributed by atoms with Crippen molar-refractivity contribution in [2.45, 2.75) is 31.3 Å². The van der Waals surface area contributed by atoms with Gasteiger partial charge in [0.25, 0.3) is 0 Å². The summed E-state index contributed by atoms with van der Waals surface area (Å²) in [4.78, 5) is 13.7. The van der Waals surface area contributed by atoms with Gasteiger partial charge in [-0.05, 0) is 19.3 Å². The summed E-state index contributed by atoms with van der Waals surface area (Å²) in [6.07, 6.45) is 3.29. The molecule has 0 spiro atoms. The Morgan fingerprint density at radius 3 is 2.81 bits per heavy atom. The van der Waals surface area contributed by atoms with E-state index in [-0.39, 0.29) is 12.5 Å². The summed E-state index contributed by atoms with van der Waals surface area (Å²) in [5.74, 6) is -0.0428. The molecule has 0 aliphatic carbocycles. The number of rotatable bonds is 3. The maximum atomic E-state index is 11.2. The molecular formula is C11H21N3O2. The minimum Gasteiger partial charge on any atom is -0.381 e. The number of hydrogen-bond acceptors (Lipinski definition) is 4. The number of likely N-dealkylation sites (tertiary alicyclic amines) is 1. The molecule has 2 rings (SSSR count). The summed E-state index contributed by atoms with van der Waals surface area (Å²) in [5, 5.41) is 2.96. The predicted octanol–water partition coefficient (Wildman–Crippen LogP) is -0.685. The number of nitrogens with zero attached hydrogens (tertiary/aromatic N) is 1. The molecule has 5 heteroatoms. The standard InChI is InChI=1S/C11H21N3O2/c12-7-11(15)13-9-1-4-14(8-9)10-2-5-16-6-3-10/h9-10H,1-8,12H2,(H,13,15)/t9-/m1/s1. The molecule has 0 aromatic carbocycles. The van der Waals surface area contributed by atoms with Gasteiger partial charge in [0.15, 0.2) is 0 Å². The zero-order valence-electron chi connectivity index (χ0n) is 9.65.